The van der Waals surface area contributed by atoms with Crippen LogP contribution in [0.15, 0.2) is 29.2 Å². The molecule has 3 rings (SSSR count). The molecule has 0 amide bonds. The second kappa shape index (κ2) is 7.94. The highest BCUT2D eigenvalue weighted by molar-refractivity contribution is 7.98. The van der Waals surface area contributed by atoms with Crippen LogP contribution in [0.5, 0.6) is 5.75 Å². The first-order chi connectivity index (χ1) is 12.0. The van der Waals surface area contributed by atoms with Crippen LogP contribution < -0.4 is 10.1 Å². The molecule has 0 saturated carbocycles. The second-order valence-electron chi connectivity index (χ2n) is 6.05. The third kappa shape index (κ3) is 3.78. The molecule has 0 saturated heterocycles. The summed E-state index contributed by atoms with van der Waals surface area (Å²) in [6, 6.07) is 5.90. The van der Waals surface area contributed by atoms with Crippen LogP contribution in [-0.2, 0) is 0 Å². The maximum absolute atomic E-state index is 14.4. The molecule has 1 N–H and O–H groups in total. The molecule has 0 aliphatic carbocycles. The number of thioether (sulfide) groups is 1. The van der Waals surface area contributed by atoms with Gasteiger partial charge < -0.3 is 10.1 Å². The molecule has 0 radical (unpaired) electrons. The van der Waals surface area contributed by atoms with Crippen LogP contribution in [0.4, 0.5) is 8.78 Å². The Morgan fingerprint density at radius 3 is 2.60 bits per heavy atom. The van der Waals surface area contributed by atoms with Crippen molar-refractivity contribution in [1.29, 1.82) is 0 Å². The Labute approximate surface area is 155 Å². The zero-order chi connectivity index (χ0) is 18.0. The molecule has 2 nitrogen and oxygen atoms in total. The molecule has 1 aliphatic heterocycles. The lowest BCUT2D eigenvalue weighted by Crippen LogP contribution is -2.23. The first-order valence-electron chi connectivity index (χ1n) is 8.25. The van der Waals surface area contributed by atoms with Crippen molar-refractivity contribution < 1.29 is 13.5 Å². The maximum Gasteiger partial charge on any atom is 0.136 e. The van der Waals surface area contributed by atoms with E-state index >= 15 is 0 Å². The predicted molar refractivity (Wildman–Crippen MR) is 100.0 cm³/mol. The molecule has 0 spiro atoms. The highest BCUT2D eigenvalue weighted by Crippen LogP contribution is 2.44. The molecule has 0 aromatic heterocycles. The summed E-state index contributed by atoms with van der Waals surface area (Å²) >= 11 is 7.26. The van der Waals surface area contributed by atoms with Crippen molar-refractivity contribution in [2.75, 3.05) is 26.0 Å². The number of hydrogen-bond acceptors (Lipinski definition) is 3. The van der Waals surface area contributed by atoms with E-state index in [-0.39, 0.29) is 16.5 Å². The van der Waals surface area contributed by atoms with Gasteiger partial charge in [-0.15, -0.1) is 11.8 Å². The van der Waals surface area contributed by atoms with Gasteiger partial charge in [0.05, 0.1) is 17.1 Å². The Kier molecular flexibility index (Phi) is 5.87. The number of hydrogen-bond donors (Lipinski definition) is 1. The van der Waals surface area contributed by atoms with Crippen molar-refractivity contribution in [2.45, 2.75) is 24.2 Å². The number of benzene rings is 2. The molecule has 1 atom stereocenters. The monoisotopic (exact) mass is 383 g/mol. The van der Waals surface area contributed by atoms with Crippen molar-refractivity contribution in [2.24, 2.45) is 0 Å². The minimum Gasteiger partial charge on any atom is -0.491 e. The van der Waals surface area contributed by atoms with Gasteiger partial charge in [0.2, 0.25) is 0 Å². The van der Waals surface area contributed by atoms with Crippen molar-refractivity contribution in [3.8, 4) is 16.9 Å². The van der Waals surface area contributed by atoms with E-state index < -0.39 is 11.6 Å². The minimum atomic E-state index is -0.656. The maximum atomic E-state index is 14.4. The fourth-order valence-electron chi connectivity index (χ4n) is 3.09. The number of fused-ring (bicyclic) bond motifs is 1. The van der Waals surface area contributed by atoms with Gasteiger partial charge in [0.1, 0.15) is 17.4 Å². The summed E-state index contributed by atoms with van der Waals surface area (Å²) in [6.07, 6.45) is 2.98. The summed E-state index contributed by atoms with van der Waals surface area (Å²) < 4.78 is 34.6. The van der Waals surface area contributed by atoms with E-state index in [4.69, 9.17) is 16.3 Å². The average molecular weight is 384 g/mol. The zero-order valence-corrected chi connectivity index (χ0v) is 15.7. The van der Waals surface area contributed by atoms with Crippen LogP contribution >= 0.6 is 23.4 Å². The fourth-order valence-corrected chi connectivity index (χ4v) is 3.89. The van der Waals surface area contributed by atoms with Gasteiger partial charge in [-0.2, -0.15) is 0 Å². The topological polar surface area (TPSA) is 21.3 Å². The molecule has 2 aromatic rings. The molecule has 1 aliphatic rings. The van der Waals surface area contributed by atoms with Gasteiger partial charge >= 0.3 is 0 Å². The number of halogens is 3. The van der Waals surface area contributed by atoms with Gasteiger partial charge in [0.25, 0.3) is 0 Å². The lowest BCUT2D eigenvalue weighted by molar-refractivity contribution is 0.321. The predicted octanol–water partition coefficient (Wildman–Crippen LogP) is 5.48. The number of nitrogens with one attached hydrogen (secondary N) is 1. The van der Waals surface area contributed by atoms with Gasteiger partial charge in [-0.3, -0.25) is 0 Å². The van der Waals surface area contributed by atoms with Gasteiger partial charge in [0.15, 0.2) is 0 Å². The molecule has 1 heterocycles. The van der Waals surface area contributed by atoms with E-state index in [1.807, 2.05) is 12.3 Å². The largest absolute Gasteiger partial charge is 0.491 e. The number of rotatable bonds is 6. The summed E-state index contributed by atoms with van der Waals surface area (Å²) in [4.78, 5) is 0.888. The third-order valence-electron chi connectivity index (χ3n) is 4.29. The molecule has 134 valence electrons. The van der Waals surface area contributed by atoms with E-state index in [0.717, 1.165) is 47.9 Å². The molecule has 0 bridgehead atoms. The fraction of sp³-hybridized carbons (Fsp3) is 0.368. The van der Waals surface area contributed by atoms with E-state index in [1.165, 1.54) is 11.8 Å². The lowest BCUT2D eigenvalue weighted by atomic mass is 9.95. The Morgan fingerprint density at radius 1 is 1.24 bits per heavy atom. The average Bonchev–Trinajstić information content (AvgIpc) is 2.97. The SMILES string of the molecule is CCCNC[C@@H]1COc2c(SC)cc(-c3c(F)cc(Cl)cc3F)cc21. The lowest BCUT2D eigenvalue weighted by Gasteiger charge is -2.14. The second-order valence-corrected chi connectivity index (χ2v) is 7.34. The Hall–Kier alpha value is -1.30. The summed E-state index contributed by atoms with van der Waals surface area (Å²) in [5.74, 6) is -0.312. The highest BCUT2D eigenvalue weighted by Gasteiger charge is 2.28. The molecule has 6 heteroatoms. The minimum absolute atomic E-state index is 0.0466. The highest BCUT2D eigenvalue weighted by atomic mass is 35.5. The van der Waals surface area contributed by atoms with Crippen molar-refractivity contribution in [3.63, 3.8) is 0 Å². The molecule has 0 fully saturated rings. The van der Waals surface area contributed by atoms with Crippen molar-refractivity contribution in [1.82, 2.24) is 5.32 Å². The van der Waals surface area contributed by atoms with E-state index in [9.17, 15) is 8.78 Å². The quantitative estimate of drug-likeness (QED) is 0.527. The van der Waals surface area contributed by atoms with E-state index in [0.29, 0.717) is 12.2 Å². The standard InChI is InChI=1S/C19H20ClF2NOS/c1-3-4-23-9-12-10-24-19-14(12)5-11(6-17(19)25-2)18-15(21)7-13(20)8-16(18)22/h5-8,12,23H,3-4,9-10H2,1-2H3/t12-/m1/s1. The normalized spacial score (nSPS) is 16.0. The Morgan fingerprint density at radius 2 is 1.96 bits per heavy atom. The first kappa shape index (κ1) is 18.5. The Bertz CT molecular complexity index is 761. The molecular formula is C19H20ClF2NOS. The van der Waals surface area contributed by atoms with Crippen molar-refractivity contribution >= 4 is 23.4 Å². The van der Waals surface area contributed by atoms with Crippen LogP contribution in [0.1, 0.15) is 24.8 Å². The molecule has 2 aromatic carbocycles. The van der Waals surface area contributed by atoms with E-state index in [1.54, 1.807) is 6.07 Å². The van der Waals surface area contributed by atoms with Gasteiger partial charge in [-0.05, 0) is 49.1 Å². The van der Waals surface area contributed by atoms with Crippen LogP contribution in [0, 0.1) is 11.6 Å². The van der Waals surface area contributed by atoms with Crippen molar-refractivity contribution in [3.05, 3.63) is 46.5 Å². The first-order valence-corrected chi connectivity index (χ1v) is 9.85. The zero-order valence-electron chi connectivity index (χ0n) is 14.2. The number of ether oxygens (including phenoxy) is 1. The van der Waals surface area contributed by atoms with Crippen LogP contribution in [-0.4, -0.2) is 26.0 Å². The van der Waals surface area contributed by atoms with Crippen LogP contribution in [0.3, 0.4) is 0 Å². The van der Waals surface area contributed by atoms with Gasteiger partial charge in [-0.25, -0.2) is 8.78 Å². The van der Waals surface area contributed by atoms with E-state index in [2.05, 4.69) is 12.2 Å². The summed E-state index contributed by atoms with van der Waals surface area (Å²) in [7, 11) is 0. The summed E-state index contributed by atoms with van der Waals surface area (Å²) in [5.41, 5.74) is 1.47. The molecule has 25 heavy (non-hydrogen) atoms. The summed E-state index contributed by atoms with van der Waals surface area (Å²) in [6.45, 7) is 4.40. The summed E-state index contributed by atoms with van der Waals surface area (Å²) in [5, 5.41) is 3.44. The van der Waals surface area contributed by atoms with Gasteiger partial charge in [0, 0.05) is 23.0 Å². The Balaban J connectivity index is 2.04. The smallest absolute Gasteiger partial charge is 0.136 e. The molecule has 0 unspecified atom stereocenters. The third-order valence-corrected chi connectivity index (χ3v) is 5.25. The van der Waals surface area contributed by atoms with Crippen LogP contribution in [0.2, 0.25) is 5.02 Å². The molecular weight excluding hydrogens is 364 g/mol. The van der Waals surface area contributed by atoms with Gasteiger partial charge in [-0.1, -0.05) is 18.5 Å². The van der Waals surface area contributed by atoms with Crippen LogP contribution in [0.25, 0.3) is 11.1 Å².